The number of anilines is 1. The summed E-state index contributed by atoms with van der Waals surface area (Å²) in [4.78, 5) is 20.7. The predicted molar refractivity (Wildman–Crippen MR) is 85.8 cm³/mol. The van der Waals surface area contributed by atoms with Gasteiger partial charge < -0.3 is 10.1 Å². The van der Waals surface area contributed by atoms with Crippen molar-refractivity contribution in [1.82, 2.24) is 14.3 Å². The summed E-state index contributed by atoms with van der Waals surface area (Å²) in [6, 6.07) is 0.263. The third-order valence-corrected chi connectivity index (χ3v) is 5.28. The number of nitrogens with zero attached hydrogens (tertiary/aromatic N) is 3. The molecule has 128 valence electrons. The van der Waals surface area contributed by atoms with Crippen molar-refractivity contribution in [2.24, 2.45) is 5.92 Å². The molecule has 1 fully saturated rings. The van der Waals surface area contributed by atoms with Crippen LogP contribution in [0.15, 0.2) is 0 Å². The maximum atomic E-state index is 12.4. The summed E-state index contributed by atoms with van der Waals surface area (Å²) in [6.45, 7) is 4.29. The van der Waals surface area contributed by atoms with Crippen molar-refractivity contribution in [3.63, 3.8) is 0 Å². The van der Waals surface area contributed by atoms with Crippen LogP contribution in [0.2, 0.25) is 0 Å². The standard InChI is InChI=1S/C14H22N4O4S/c1-9-12(10(2)16-14(15-9)22-3)17-13(19)11-5-7-18(8-6-11)23(4,20)21/h11H,5-8H2,1-4H3,(H,17,19). The van der Waals surface area contributed by atoms with E-state index in [-0.39, 0.29) is 17.8 Å². The lowest BCUT2D eigenvalue weighted by molar-refractivity contribution is -0.120. The number of sulfonamides is 1. The number of piperidine rings is 1. The van der Waals surface area contributed by atoms with Crippen LogP contribution in [0.4, 0.5) is 5.69 Å². The van der Waals surface area contributed by atoms with E-state index in [1.54, 1.807) is 13.8 Å². The lowest BCUT2D eigenvalue weighted by Crippen LogP contribution is -2.41. The highest BCUT2D eigenvalue weighted by atomic mass is 32.2. The average molecular weight is 342 g/mol. The lowest BCUT2D eigenvalue weighted by Gasteiger charge is -2.29. The van der Waals surface area contributed by atoms with E-state index in [4.69, 9.17) is 4.74 Å². The molecule has 1 aromatic heterocycles. The van der Waals surface area contributed by atoms with Gasteiger partial charge in [0.15, 0.2) is 0 Å². The molecule has 23 heavy (non-hydrogen) atoms. The highest BCUT2D eigenvalue weighted by Gasteiger charge is 2.29. The van der Waals surface area contributed by atoms with E-state index in [1.807, 2.05) is 0 Å². The van der Waals surface area contributed by atoms with Crippen LogP contribution in [-0.4, -0.2) is 55.1 Å². The Balaban J connectivity index is 2.04. The molecule has 9 heteroatoms. The molecule has 1 aromatic rings. The number of carbonyl (C=O) groups excluding carboxylic acids is 1. The van der Waals surface area contributed by atoms with E-state index in [2.05, 4.69) is 15.3 Å². The quantitative estimate of drug-likeness (QED) is 0.865. The van der Waals surface area contributed by atoms with Gasteiger partial charge in [-0.05, 0) is 26.7 Å². The molecule has 1 N–H and O–H groups in total. The van der Waals surface area contributed by atoms with Crippen LogP contribution in [0.25, 0.3) is 0 Å². The molecule has 1 amide bonds. The highest BCUT2D eigenvalue weighted by Crippen LogP contribution is 2.24. The number of amides is 1. The summed E-state index contributed by atoms with van der Waals surface area (Å²) in [5.41, 5.74) is 1.86. The first-order chi connectivity index (χ1) is 10.7. The molecule has 2 rings (SSSR count). The van der Waals surface area contributed by atoms with Crippen LogP contribution >= 0.6 is 0 Å². The zero-order chi connectivity index (χ0) is 17.2. The largest absolute Gasteiger partial charge is 0.467 e. The number of hydrogen-bond donors (Lipinski definition) is 1. The molecular formula is C14H22N4O4S. The molecule has 0 unspecified atom stereocenters. The van der Waals surface area contributed by atoms with Gasteiger partial charge >= 0.3 is 6.01 Å². The first-order valence-electron chi connectivity index (χ1n) is 7.37. The van der Waals surface area contributed by atoms with E-state index in [9.17, 15) is 13.2 Å². The fourth-order valence-electron chi connectivity index (χ4n) is 2.63. The zero-order valence-electron chi connectivity index (χ0n) is 13.8. The first kappa shape index (κ1) is 17.6. The van der Waals surface area contributed by atoms with Gasteiger partial charge in [0.1, 0.15) is 0 Å². The lowest BCUT2D eigenvalue weighted by atomic mass is 9.97. The van der Waals surface area contributed by atoms with Crippen LogP contribution in [-0.2, 0) is 14.8 Å². The second-order valence-corrected chi connectivity index (χ2v) is 7.66. The van der Waals surface area contributed by atoms with Crippen LogP contribution in [0, 0.1) is 19.8 Å². The second-order valence-electron chi connectivity index (χ2n) is 5.68. The molecule has 1 saturated heterocycles. The summed E-state index contributed by atoms with van der Waals surface area (Å²) in [5.74, 6) is -0.341. The van der Waals surface area contributed by atoms with Crippen molar-refractivity contribution in [2.45, 2.75) is 26.7 Å². The fourth-order valence-corrected chi connectivity index (χ4v) is 3.51. The van der Waals surface area contributed by atoms with Gasteiger partial charge in [-0.25, -0.2) is 12.7 Å². The van der Waals surface area contributed by atoms with Crippen molar-refractivity contribution >= 4 is 21.6 Å². The summed E-state index contributed by atoms with van der Waals surface area (Å²) >= 11 is 0. The van der Waals surface area contributed by atoms with Crippen LogP contribution in [0.3, 0.4) is 0 Å². The van der Waals surface area contributed by atoms with Crippen molar-refractivity contribution in [1.29, 1.82) is 0 Å². The molecule has 2 heterocycles. The minimum absolute atomic E-state index is 0.127. The number of aryl methyl sites for hydroxylation is 2. The Hall–Kier alpha value is -1.74. The molecule has 1 aliphatic heterocycles. The molecule has 0 atom stereocenters. The predicted octanol–water partition coefficient (Wildman–Crippen LogP) is 0.712. The summed E-state index contributed by atoms with van der Waals surface area (Å²) < 4.78 is 29.4. The van der Waals surface area contributed by atoms with Gasteiger partial charge in [0.25, 0.3) is 0 Å². The highest BCUT2D eigenvalue weighted by molar-refractivity contribution is 7.88. The van der Waals surface area contributed by atoms with Crippen LogP contribution < -0.4 is 10.1 Å². The molecular weight excluding hydrogens is 320 g/mol. The Morgan fingerprint density at radius 1 is 1.22 bits per heavy atom. The molecule has 0 radical (unpaired) electrons. The van der Waals surface area contributed by atoms with Crippen molar-refractivity contribution in [3.05, 3.63) is 11.4 Å². The Morgan fingerprint density at radius 2 is 1.74 bits per heavy atom. The maximum Gasteiger partial charge on any atom is 0.316 e. The summed E-state index contributed by atoms with van der Waals surface area (Å²) in [7, 11) is -1.70. The topological polar surface area (TPSA) is 101 Å². The first-order valence-corrected chi connectivity index (χ1v) is 9.22. The Bertz CT molecular complexity index is 674. The van der Waals surface area contributed by atoms with Crippen molar-refractivity contribution < 1.29 is 17.9 Å². The normalized spacial score (nSPS) is 17.0. The molecule has 0 saturated carbocycles. The van der Waals surface area contributed by atoms with Gasteiger partial charge in [-0.3, -0.25) is 4.79 Å². The summed E-state index contributed by atoms with van der Waals surface area (Å²) in [5, 5.41) is 2.87. The van der Waals surface area contributed by atoms with Gasteiger partial charge in [0.2, 0.25) is 15.9 Å². The van der Waals surface area contributed by atoms with Crippen molar-refractivity contribution in [2.75, 3.05) is 31.8 Å². The van der Waals surface area contributed by atoms with Gasteiger partial charge in [0, 0.05) is 19.0 Å². The second kappa shape index (κ2) is 6.79. The number of hydrogen-bond acceptors (Lipinski definition) is 6. The van der Waals surface area contributed by atoms with Crippen molar-refractivity contribution in [3.8, 4) is 6.01 Å². The zero-order valence-corrected chi connectivity index (χ0v) is 14.6. The van der Waals surface area contributed by atoms with E-state index in [1.165, 1.54) is 17.7 Å². The third-order valence-electron chi connectivity index (χ3n) is 3.97. The van der Waals surface area contributed by atoms with Gasteiger partial charge in [-0.1, -0.05) is 0 Å². The smallest absolute Gasteiger partial charge is 0.316 e. The molecule has 8 nitrogen and oxygen atoms in total. The number of nitrogens with one attached hydrogen (secondary N) is 1. The monoisotopic (exact) mass is 342 g/mol. The molecule has 0 aliphatic carbocycles. The van der Waals surface area contributed by atoms with Crippen LogP contribution in [0.5, 0.6) is 6.01 Å². The average Bonchev–Trinajstić information content (AvgIpc) is 2.49. The number of carbonyl (C=O) groups is 1. The molecule has 0 bridgehead atoms. The van der Waals surface area contributed by atoms with E-state index >= 15 is 0 Å². The molecule has 0 spiro atoms. The summed E-state index contributed by atoms with van der Waals surface area (Å²) in [6.07, 6.45) is 2.21. The van der Waals surface area contributed by atoms with E-state index < -0.39 is 10.0 Å². The SMILES string of the molecule is COc1nc(C)c(NC(=O)C2CCN(S(C)(=O)=O)CC2)c(C)n1. The van der Waals surface area contributed by atoms with Crippen LogP contribution in [0.1, 0.15) is 24.2 Å². The van der Waals surface area contributed by atoms with Gasteiger partial charge in [-0.2, -0.15) is 9.97 Å². The van der Waals surface area contributed by atoms with E-state index in [0.717, 1.165) is 0 Å². The molecule has 0 aromatic carbocycles. The minimum atomic E-state index is -3.19. The van der Waals surface area contributed by atoms with Gasteiger partial charge in [-0.15, -0.1) is 0 Å². The number of aromatic nitrogens is 2. The minimum Gasteiger partial charge on any atom is -0.467 e. The maximum absolute atomic E-state index is 12.4. The molecule has 1 aliphatic rings. The van der Waals surface area contributed by atoms with Gasteiger partial charge in [0.05, 0.1) is 30.4 Å². The Morgan fingerprint density at radius 3 is 2.17 bits per heavy atom. The fraction of sp³-hybridized carbons (Fsp3) is 0.643. The Kier molecular flexibility index (Phi) is 5.20. The number of ether oxygens (including phenoxy) is 1. The van der Waals surface area contributed by atoms with E-state index in [0.29, 0.717) is 43.0 Å². The number of rotatable bonds is 4. The Labute approximate surface area is 136 Å². The number of methoxy groups -OCH3 is 1. The third kappa shape index (κ3) is 4.17.